The fraction of sp³-hybridized carbons (Fsp3) is 0.174. The van der Waals surface area contributed by atoms with Crippen molar-refractivity contribution in [2.24, 2.45) is 0 Å². The molecule has 7 heteroatoms. The summed E-state index contributed by atoms with van der Waals surface area (Å²) >= 11 is 7.55. The van der Waals surface area contributed by atoms with Crippen molar-refractivity contribution in [1.82, 2.24) is 9.97 Å². The maximum atomic E-state index is 12.9. The summed E-state index contributed by atoms with van der Waals surface area (Å²) in [4.78, 5) is 24.3. The highest BCUT2D eigenvalue weighted by molar-refractivity contribution is 7.17. The lowest BCUT2D eigenvalue weighted by Gasteiger charge is -2.29. The van der Waals surface area contributed by atoms with Gasteiger partial charge in [0, 0.05) is 28.2 Å². The van der Waals surface area contributed by atoms with E-state index in [0.717, 1.165) is 39.9 Å². The average molecular weight is 436 g/mol. The van der Waals surface area contributed by atoms with E-state index in [1.807, 2.05) is 52.7 Å². The van der Waals surface area contributed by atoms with Gasteiger partial charge < -0.3 is 9.64 Å². The molecule has 0 N–H and O–H groups in total. The first-order valence-corrected chi connectivity index (χ1v) is 11.0. The number of ether oxygens (including phenoxy) is 1. The fourth-order valence-corrected chi connectivity index (χ4v) is 4.83. The van der Waals surface area contributed by atoms with E-state index < -0.39 is 0 Å². The van der Waals surface area contributed by atoms with Crippen LogP contribution in [-0.4, -0.2) is 29.0 Å². The number of carbonyl (C=O) groups excluding carboxylic acids is 1. The summed E-state index contributed by atoms with van der Waals surface area (Å²) < 4.78 is 5.93. The van der Waals surface area contributed by atoms with Gasteiger partial charge in [-0.3, -0.25) is 4.79 Å². The summed E-state index contributed by atoms with van der Waals surface area (Å²) in [7, 11) is 0. The summed E-state index contributed by atoms with van der Waals surface area (Å²) in [6.45, 7) is 0.628. The van der Waals surface area contributed by atoms with Crippen LogP contribution >= 0.6 is 22.9 Å². The van der Waals surface area contributed by atoms with Crippen LogP contribution in [0.5, 0.6) is 5.88 Å². The zero-order chi connectivity index (χ0) is 20.5. The average Bonchev–Trinajstić information content (AvgIpc) is 3.22. The number of thiophene rings is 1. The summed E-state index contributed by atoms with van der Waals surface area (Å²) in [5, 5.41) is 3.52. The van der Waals surface area contributed by atoms with Crippen LogP contribution in [0.1, 0.15) is 12.0 Å². The molecule has 1 aliphatic heterocycles. The van der Waals surface area contributed by atoms with E-state index in [9.17, 15) is 4.79 Å². The van der Waals surface area contributed by atoms with Gasteiger partial charge in [0.2, 0.25) is 5.88 Å². The Morgan fingerprint density at radius 2 is 1.97 bits per heavy atom. The Morgan fingerprint density at radius 3 is 2.83 bits per heavy atom. The molecule has 1 amide bonds. The molecule has 0 fully saturated rings. The molecule has 0 radical (unpaired) electrons. The van der Waals surface area contributed by atoms with E-state index >= 15 is 0 Å². The Bertz CT molecular complexity index is 1220. The van der Waals surface area contributed by atoms with E-state index in [-0.39, 0.29) is 12.5 Å². The van der Waals surface area contributed by atoms with Gasteiger partial charge in [-0.1, -0.05) is 41.9 Å². The third-order valence-corrected chi connectivity index (χ3v) is 6.37. The van der Waals surface area contributed by atoms with Crippen molar-refractivity contribution in [1.29, 1.82) is 0 Å². The number of hydrogen-bond donors (Lipinski definition) is 0. The molecule has 30 heavy (non-hydrogen) atoms. The van der Waals surface area contributed by atoms with Gasteiger partial charge in [0.05, 0.1) is 5.39 Å². The number of para-hydroxylation sites is 1. The number of rotatable bonds is 4. The second kappa shape index (κ2) is 8.05. The third kappa shape index (κ3) is 3.53. The molecule has 2 aromatic heterocycles. The Morgan fingerprint density at radius 1 is 1.13 bits per heavy atom. The Kier molecular flexibility index (Phi) is 5.11. The second-order valence-electron chi connectivity index (χ2n) is 7.08. The molecule has 0 aliphatic carbocycles. The molecule has 0 atom stereocenters. The third-order valence-electron chi connectivity index (χ3n) is 5.23. The van der Waals surface area contributed by atoms with Gasteiger partial charge in [-0.25, -0.2) is 9.97 Å². The van der Waals surface area contributed by atoms with Crippen LogP contribution in [0.2, 0.25) is 5.02 Å². The summed E-state index contributed by atoms with van der Waals surface area (Å²) in [6, 6.07) is 15.6. The van der Waals surface area contributed by atoms with Gasteiger partial charge in [-0.05, 0) is 42.2 Å². The molecule has 0 saturated carbocycles. The summed E-state index contributed by atoms with van der Waals surface area (Å²) in [6.07, 6.45) is 3.42. The fourth-order valence-electron chi connectivity index (χ4n) is 3.80. The highest BCUT2D eigenvalue weighted by Crippen LogP contribution is 2.38. The SMILES string of the molecule is O=C(COc1ncnc2scc(-c3ccc(Cl)cc3)c12)N1CCCc2ccccc21. The second-order valence-corrected chi connectivity index (χ2v) is 8.38. The molecule has 3 heterocycles. The minimum atomic E-state index is -0.0731. The number of fused-ring (bicyclic) bond motifs is 2. The highest BCUT2D eigenvalue weighted by Gasteiger charge is 2.23. The zero-order valence-electron chi connectivity index (χ0n) is 16.0. The number of halogens is 1. The van der Waals surface area contributed by atoms with E-state index in [1.54, 1.807) is 0 Å². The molecule has 5 rings (SSSR count). The normalized spacial score (nSPS) is 13.3. The van der Waals surface area contributed by atoms with Crippen LogP contribution < -0.4 is 9.64 Å². The number of benzene rings is 2. The lowest BCUT2D eigenvalue weighted by molar-refractivity contribution is -0.120. The standard InChI is InChI=1S/C23H18ClN3O2S/c24-17-9-7-15(8-10-17)18-13-30-23-21(18)22(25-14-26-23)29-12-20(28)27-11-3-5-16-4-1-2-6-19(16)27/h1-2,4,6-10,13-14H,3,5,11-12H2. The van der Waals surface area contributed by atoms with E-state index in [4.69, 9.17) is 16.3 Å². The van der Waals surface area contributed by atoms with Crippen LogP contribution in [-0.2, 0) is 11.2 Å². The molecule has 5 nitrogen and oxygen atoms in total. The van der Waals surface area contributed by atoms with Gasteiger partial charge in [-0.2, -0.15) is 0 Å². The van der Waals surface area contributed by atoms with E-state index in [2.05, 4.69) is 16.0 Å². The molecular formula is C23H18ClN3O2S. The van der Waals surface area contributed by atoms with Crippen molar-refractivity contribution >= 4 is 44.7 Å². The van der Waals surface area contributed by atoms with Crippen molar-refractivity contribution in [3.05, 3.63) is 70.8 Å². The number of aromatic nitrogens is 2. The quantitative estimate of drug-likeness (QED) is 0.432. The molecule has 0 bridgehead atoms. The number of hydrogen-bond acceptors (Lipinski definition) is 5. The number of anilines is 1. The molecule has 1 aliphatic rings. The first-order chi connectivity index (χ1) is 14.7. The van der Waals surface area contributed by atoms with E-state index in [1.165, 1.54) is 23.2 Å². The van der Waals surface area contributed by atoms with Crippen LogP contribution in [0.4, 0.5) is 5.69 Å². The van der Waals surface area contributed by atoms with Gasteiger partial charge in [0.1, 0.15) is 11.2 Å². The minimum Gasteiger partial charge on any atom is -0.467 e. The number of nitrogens with zero attached hydrogens (tertiary/aromatic N) is 3. The van der Waals surface area contributed by atoms with Crippen molar-refractivity contribution in [2.45, 2.75) is 12.8 Å². The first kappa shape index (κ1) is 19.0. The number of amides is 1. The molecule has 0 saturated heterocycles. The number of carbonyl (C=O) groups is 1. The topological polar surface area (TPSA) is 55.3 Å². The minimum absolute atomic E-state index is 0.0721. The van der Waals surface area contributed by atoms with Gasteiger partial charge in [-0.15, -0.1) is 11.3 Å². The summed E-state index contributed by atoms with van der Waals surface area (Å²) in [5.41, 5.74) is 4.14. The van der Waals surface area contributed by atoms with Crippen molar-refractivity contribution in [2.75, 3.05) is 18.1 Å². The van der Waals surface area contributed by atoms with Crippen molar-refractivity contribution in [3.63, 3.8) is 0 Å². The maximum Gasteiger partial charge on any atom is 0.264 e. The molecule has 150 valence electrons. The molecule has 4 aromatic rings. The lowest BCUT2D eigenvalue weighted by Crippen LogP contribution is -2.38. The Hall–Kier alpha value is -2.96. The monoisotopic (exact) mass is 435 g/mol. The predicted octanol–water partition coefficient (Wildman–Crippen LogP) is 5.37. The van der Waals surface area contributed by atoms with Crippen LogP contribution in [0, 0.1) is 0 Å². The Labute approximate surface area is 182 Å². The van der Waals surface area contributed by atoms with Gasteiger partial charge in [0.15, 0.2) is 6.61 Å². The first-order valence-electron chi connectivity index (χ1n) is 9.70. The Balaban J connectivity index is 1.42. The van der Waals surface area contributed by atoms with Crippen LogP contribution in [0.3, 0.4) is 0 Å². The van der Waals surface area contributed by atoms with E-state index in [0.29, 0.717) is 17.4 Å². The van der Waals surface area contributed by atoms with Gasteiger partial charge in [0.25, 0.3) is 5.91 Å². The van der Waals surface area contributed by atoms with Gasteiger partial charge >= 0.3 is 0 Å². The van der Waals surface area contributed by atoms with Crippen LogP contribution in [0.15, 0.2) is 60.2 Å². The number of aryl methyl sites for hydroxylation is 1. The lowest BCUT2D eigenvalue weighted by atomic mass is 10.0. The molecule has 0 unspecified atom stereocenters. The molecular weight excluding hydrogens is 418 g/mol. The highest BCUT2D eigenvalue weighted by atomic mass is 35.5. The van der Waals surface area contributed by atoms with Crippen molar-refractivity contribution < 1.29 is 9.53 Å². The largest absolute Gasteiger partial charge is 0.467 e. The maximum absolute atomic E-state index is 12.9. The smallest absolute Gasteiger partial charge is 0.264 e. The molecule has 0 spiro atoms. The zero-order valence-corrected chi connectivity index (χ0v) is 17.6. The van der Waals surface area contributed by atoms with Crippen molar-refractivity contribution in [3.8, 4) is 17.0 Å². The summed E-state index contributed by atoms with van der Waals surface area (Å²) in [5.74, 6) is 0.349. The predicted molar refractivity (Wildman–Crippen MR) is 120 cm³/mol. The molecule has 2 aromatic carbocycles. The van der Waals surface area contributed by atoms with Crippen LogP contribution in [0.25, 0.3) is 21.3 Å².